The average Bonchev–Trinajstić information content (AvgIpc) is 2.38. The minimum Gasteiger partial charge on any atom is -0.469 e. The molecule has 0 aliphatic heterocycles. The summed E-state index contributed by atoms with van der Waals surface area (Å²) < 4.78 is 4.57. The van der Waals surface area contributed by atoms with Crippen LogP contribution in [-0.4, -0.2) is 36.5 Å². The first-order valence-corrected chi connectivity index (χ1v) is 7.75. The zero-order chi connectivity index (χ0) is 13.5. The number of methoxy groups -OCH3 is 1. The summed E-state index contributed by atoms with van der Waals surface area (Å²) in [7, 11) is 1.34. The van der Waals surface area contributed by atoms with Gasteiger partial charge in [0, 0.05) is 17.2 Å². The van der Waals surface area contributed by atoms with Crippen molar-refractivity contribution in [1.29, 1.82) is 0 Å². The van der Waals surface area contributed by atoms with E-state index in [0.717, 1.165) is 12.8 Å². The summed E-state index contributed by atoms with van der Waals surface area (Å²) in [5.74, 6) is -0.678. The number of hydrogen-bond donors (Lipinski definition) is 1. The molecule has 0 heterocycles. The van der Waals surface area contributed by atoms with E-state index in [1.165, 1.54) is 20.0 Å². The first kappa shape index (κ1) is 15.3. The molecule has 1 N–H and O–H groups in total. The normalized spacial score (nSPS) is 25.3. The van der Waals surface area contributed by atoms with Crippen LogP contribution < -0.4 is 5.32 Å². The lowest BCUT2D eigenvalue weighted by Gasteiger charge is -2.29. The van der Waals surface area contributed by atoms with Gasteiger partial charge in [-0.1, -0.05) is 13.3 Å². The van der Waals surface area contributed by atoms with Gasteiger partial charge in [0.2, 0.25) is 5.91 Å². The molecule has 1 aliphatic rings. The Morgan fingerprint density at radius 3 is 2.78 bits per heavy atom. The van der Waals surface area contributed by atoms with Gasteiger partial charge in [-0.25, -0.2) is 0 Å². The molecule has 0 spiro atoms. The first-order valence-electron chi connectivity index (χ1n) is 6.46. The van der Waals surface area contributed by atoms with Gasteiger partial charge in [0.15, 0.2) is 0 Å². The summed E-state index contributed by atoms with van der Waals surface area (Å²) in [6.07, 6.45) is 6.77. The number of nitrogens with one attached hydrogen (secondary N) is 1. The molecule has 5 heteroatoms. The van der Waals surface area contributed by atoms with Gasteiger partial charge in [-0.05, 0) is 25.5 Å². The molecule has 3 atom stereocenters. The van der Waals surface area contributed by atoms with E-state index in [2.05, 4.69) is 16.3 Å². The monoisotopic (exact) mass is 273 g/mol. The summed E-state index contributed by atoms with van der Waals surface area (Å²) in [6.45, 7) is 1.77. The number of carbonyl (C=O) groups excluding carboxylic acids is 2. The second kappa shape index (κ2) is 7.67. The smallest absolute Gasteiger partial charge is 0.306 e. The maximum absolute atomic E-state index is 11.9. The lowest BCUT2D eigenvalue weighted by Crippen LogP contribution is -2.42. The summed E-state index contributed by atoms with van der Waals surface area (Å²) in [6, 6.07) is 0.267. The van der Waals surface area contributed by atoms with E-state index in [4.69, 9.17) is 0 Å². The van der Waals surface area contributed by atoms with E-state index in [-0.39, 0.29) is 30.3 Å². The van der Waals surface area contributed by atoms with Crippen molar-refractivity contribution in [2.75, 3.05) is 13.4 Å². The molecule has 0 radical (unpaired) electrons. The molecule has 0 aromatic heterocycles. The van der Waals surface area contributed by atoms with Crippen molar-refractivity contribution in [2.24, 2.45) is 5.92 Å². The number of ether oxygens (including phenoxy) is 1. The third-order valence-corrected chi connectivity index (χ3v) is 4.55. The highest BCUT2D eigenvalue weighted by Crippen LogP contribution is 2.27. The van der Waals surface area contributed by atoms with Gasteiger partial charge < -0.3 is 10.1 Å². The molecule has 0 aromatic rings. The maximum atomic E-state index is 11.9. The third-order valence-electron chi connectivity index (χ3n) is 3.45. The van der Waals surface area contributed by atoms with Crippen LogP contribution in [0.15, 0.2) is 0 Å². The lowest BCUT2D eigenvalue weighted by atomic mass is 9.94. The Bertz CT molecular complexity index is 296. The maximum Gasteiger partial charge on any atom is 0.306 e. The van der Waals surface area contributed by atoms with Gasteiger partial charge in [-0.2, -0.15) is 11.8 Å². The number of hydrogen-bond acceptors (Lipinski definition) is 4. The summed E-state index contributed by atoms with van der Waals surface area (Å²) in [5, 5.41) is 3.71. The van der Waals surface area contributed by atoms with Crippen LogP contribution in [-0.2, 0) is 14.3 Å². The highest BCUT2D eigenvalue weighted by molar-refractivity contribution is 7.99. The molecule has 1 amide bonds. The molecular weight excluding hydrogens is 250 g/mol. The van der Waals surface area contributed by atoms with Gasteiger partial charge in [0.05, 0.1) is 13.5 Å². The van der Waals surface area contributed by atoms with Crippen LogP contribution in [0.1, 0.15) is 39.0 Å². The first-order chi connectivity index (χ1) is 8.56. The van der Waals surface area contributed by atoms with Crippen molar-refractivity contribution in [2.45, 2.75) is 50.3 Å². The predicted molar refractivity (Wildman–Crippen MR) is 73.5 cm³/mol. The molecule has 0 saturated heterocycles. The Labute approximate surface area is 113 Å². The zero-order valence-electron chi connectivity index (χ0n) is 11.4. The van der Waals surface area contributed by atoms with E-state index in [1.807, 2.05) is 11.8 Å². The Morgan fingerprint density at radius 1 is 1.44 bits per heavy atom. The molecular formula is C13H23NO3S. The Morgan fingerprint density at radius 2 is 2.17 bits per heavy atom. The number of amides is 1. The van der Waals surface area contributed by atoms with E-state index in [0.29, 0.717) is 5.25 Å². The largest absolute Gasteiger partial charge is 0.469 e. The van der Waals surface area contributed by atoms with Crippen LogP contribution in [0, 0.1) is 5.92 Å². The topological polar surface area (TPSA) is 55.4 Å². The van der Waals surface area contributed by atoms with E-state index >= 15 is 0 Å². The standard InChI is InChI=1S/C13H23NO3S/c1-9(7-12(15)17-2)13(16)14-10-5-4-6-11(8-10)18-3/h9-11H,4-8H2,1-3H3,(H,14,16). The molecule has 1 rings (SSSR count). The number of carbonyl (C=O) groups is 2. The third kappa shape index (κ3) is 4.88. The molecule has 104 valence electrons. The van der Waals surface area contributed by atoms with E-state index < -0.39 is 0 Å². The molecule has 18 heavy (non-hydrogen) atoms. The van der Waals surface area contributed by atoms with Crippen molar-refractivity contribution in [3.05, 3.63) is 0 Å². The average molecular weight is 273 g/mol. The highest BCUT2D eigenvalue weighted by Gasteiger charge is 2.25. The van der Waals surface area contributed by atoms with Crippen molar-refractivity contribution in [3.8, 4) is 0 Å². The second-order valence-electron chi connectivity index (χ2n) is 4.91. The molecule has 1 fully saturated rings. The zero-order valence-corrected chi connectivity index (χ0v) is 12.2. The van der Waals surface area contributed by atoms with Crippen LogP contribution in [0.4, 0.5) is 0 Å². The van der Waals surface area contributed by atoms with Gasteiger partial charge in [0.25, 0.3) is 0 Å². The van der Waals surface area contributed by atoms with Crippen LogP contribution in [0.5, 0.6) is 0 Å². The highest BCUT2D eigenvalue weighted by atomic mass is 32.2. The van der Waals surface area contributed by atoms with Crippen molar-refractivity contribution in [1.82, 2.24) is 5.32 Å². The number of thioether (sulfide) groups is 1. The predicted octanol–water partition coefficient (Wildman–Crippen LogP) is 1.98. The van der Waals surface area contributed by atoms with Gasteiger partial charge in [0.1, 0.15) is 0 Å². The molecule has 1 saturated carbocycles. The Kier molecular flexibility index (Phi) is 6.54. The number of rotatable bonds is 5. The van der Waals surface area contributed by atoms with Crippen molar-refractivity contribution >= 4 is 23.6 Å². The SMILES string of the molecule is COC(=O)CC(C)C(=O)NC1CCCC(SC)C1. The molecule has 3 unspecified atom stereocenters. The second-order valence-corrected chi connectivity index (χ2v) is 6.05. The lowest BCUT2D eigenvalue weighted by molar-refractivity contribution is -0.144. The molecule has 0 aromatic carbocycles. The van der Waals surface area contributed by atoms with E-state index in [9.17, 15) is 9.59 Å². The molecule has 1 aliphatic carbocycles. The van der Waals surface area contributed by atoms with Crippen molar-refractivity contribution in [3.63, 3.8) is 0 Å². The molecule has 0 bridgehead atoms. The fraction of sp³-hybridized carbons (Fsp3) is 0.846. The van der Waals surface area contributed by atoms with Gasteiger partial charge in [-0.15, -0.1) is 0 Å². The van der Waals surface area contributed by atoms with E-state index in [1.54, 1.807) is 6.92 Å². The minimum atomic E-state index is -0.330. The fourth-order valence-electron chi connectivity index (χ4n) is 2.26. The van der Waals surface area contributed by atoms with Crippen molar-refractivity contribution < 1.29 is 14.3 Å². The molecule has 4 nitrogen and oxygen atoms in total. The summed E-state index contributed by atoms with van der Waals surface area (Å²) in [5.41, 5.74) is 0. The van der Waals surface area contributed by atoms with Crippen LogP contribution >= 0.6 is 11.8 Å². The number of esters is 1. The van der Waals surface area contributed by atoms with Crippen LogP contribution in [0.25, 0.3) is 0 Å². The summed E-state index contributed by atoms with van der Waals surface area (Å²) >= 11 is 1.87. The Hall–Kier alpha value is -0.710. The quantitative estimate of drug-likeness (QED) is 0.778. The summed E-state index contributed by atoms with van der Waals surface area (Å²) in [4.78, 5) is 23.0. The van der Waals surface area contributed by atoms with Gasteiger partial charge in [-0.3, -0.25) is 9.59 Å². The fourth-order valence-corrected chi connectivity index (χ4v) is 3.09. The van der Waals surface area contributed by atoms with Crippen LogP contribution in [0.3, 0.4) is 0 Å². The van der Waals surface area contributed by atoms with Gasteiger partial charge >= 0.3 is 5.97 Å². The van der Waals surface area contributed by atoms with Crippen LogP contribution in [0.2, 0.25) is 0 Å². The Balaban J connectivity index is 2.36. The minimum absolute atomic E-state index is 0.0350.